The monoisotopic (exact) mass is 238 g/mol. The zero-order valence-corrected chi connectivity index (χ0v) is 10.2. The summed E-state index contributed by atoms with van der Waals surface area (Å²) in [5, 5.41) is 9.75. The zero-order chi connectivity index (χ0) is 12.5. The van der Waals surface area contributed by atoms with Gasteiger partial charge >= 0.3 is 0 Å². The number of carbonyl (C=O) groups is 1. The molecule has 0 radical (unpaired) electrons. The van der Waals surface area contributed by atoms with Crippen LogP contribution in [-0.4, -0.2) is 43.2 Å². The fraction of sp³-hybridized carbons (Fsp3) is 0.667. The molecule has 1 heterocycles. The highest BCUT2D eigenvalue weighted by Crippen LogP contribution is 2.08. The first-order chi connectivity index (χ1) is 8.27. The van der Waals surface area contributed by atoms with Crippen LogP contribution in [0.2, 0.25) is 0 Å². The van der Waals surface area contributed by atoms with Crippen LogP contribution >= 0.6 is 0 Å². The Morgan fingerprint density at radius 3 is 2.65 bits per heavy atom. The van der Waals surface area contributed by atoms with E-state index in [0.29, 0.717) is 6.54 Å². The van der Waals surface area contributed by atoms with Crippen molar-refractivity contribution in [2.45, 2.75) is 25.7 Å². The Hall–Kier alpha value is -1.36. The second-order valence-electron chi connectivity index (χ2n) is 4.28. The molecule has 0 saturated carbocycles. The molecule has 1 aliphatic rings. The number of carbonyl (C=O) groups excluding carboxylic acids is 1. The minimum Gasteiger partial charge on any atom is -0.404 e. The van der Waals surface area contributed by atoms with E-state index in [1.165, 1.54) is 32.4 Å². The van der Waals surface area contributed by atoms with Crippen LogP contribution in [0.5, 0.6) is 0 Å². The third-order valence-corrected chi connectivity index (χ3v) is 2.98. The van der Waals surface area contributed by atoms with Gasteiger partial charge in [0, 0.05) is 19.0 Å². The molecule has 0 spiro atoms. The smallest absolute Gasteiger partial charge is 0.254 e. The molecular weight excluding hydrogens is 216 g/mol. The van der Waals surface area contributed by atoms with Gasteiger partial charge in [-0.2, -0.15) is 0 Å². The number of amides is 1. The lowest BCUT2D eigenvalue weighted by Crippen LogP contribution is -2.33. The van der Waals surface area contributed by atoms with E-state index >= 15 is 0 Å². The number of rotatable bonds is 6. The normalized spacial score (nSPS) is 17.8. The molecule has 0 aromatic heterocycles. The predicted molar refractivity (Wildman–Crippen MR) is 69.0 cm³/mol. The van der Waals surface area contributed by atoms with E-state index < -0.39 is 0 Å². The molecule has 1 amide bonds. The quantitative estimate of drug-likeness (QED) is 0.357. The second kappa shape index (κ2) is 7.84. The molecule has 4 N–H and O–H groups in total. The molecule has 17 heavy (non-hydrogen) atoms. The van der Waals surface area contributed by atoms with Gasteiger partial charge in [0.25, 0.3) is 5.91 Å². The predicted octanol–water partition coefficient (Wildman–Crippen LogP) is 0.471. The van der Waals surface area contributed by atoms with Crippen LogP contribution in [0.3, 0.4) is 0 Å². The van der Waals surface area contributed by atoms with Crippen LogP contribution in [0.4, 0.5) is 0 Å². The van der Waals surface area contributed by atoms with Crippen LogP contribution in [0, 0.1) is 5.41 Å². The van der Waals surface area contributed by atoms with Crippen molar-refractivity contribution in [2.24, 2.45) is 5.73 Å². The van der Waals surface area contributed by atoms with E-state index in [4.69, 9.17) is 11.1 Å². The lowest BCUT2D eigenvalue weighted by molar-refractivity contribution is -0.117. The summed E-state index contributed by atoms with van der Waals surface area (Å²) in [5.74, 6) is -0.263. The Kier molecular flexibility index (Phi) is 6.32. The summed E-state index contributed by atoms with van der Waals surface area (Å²) in [6.07, 6.45) is 7.01. The van der Waals surface area contributed by atoms with Crippen LogP contribution < -0.4 is 11.1 Å². The van der Waals surface area contributed by atoms with Crippen LogP contribution in [0.25, 0.3) is 0 Å². The lowest BCUT2D eigenvalue weighted by Gasteiger charge is -2.26. The first-order valence-electron chi connectivity index (χ1n) is 6.21. The van der Waals surface area contributed by atoms with Gasteiger partial charge in [0.2, 0.25) is 0 Å². The zero-order valence-electron chi connectivity index (χ0n) is 10.2. The molecule has 0 aliphatic carbocycles. The number of hydrogen-bond donors (Lipinski definition) is 3. The lowest BCUT2D eigenvalue weighted by atomic mass is 10.1. The Morgan fingerprint density at radius 2 is 2.06 bits per heavy atom. The highest BCUT2D eigenvalue weighted by molar-refractivity contribution is 6.11. The SMILES string of the molecule is N=C/C(=C\N)C(=O)NCCCN1CCCCC1. The maximum atomic E-state index is 11.4. The van der Waals surface area contributed by atoms with Crippen molar-refractivity contribution in [3.63, 3.8) is 0 Å². The van der Waals surface area contributed by atoms with Gasteiger partial charge in [-0.1, -0.05) is 6.42 Å². The summed E-state index contributed by atoms with van der Waals surface area (Å²) in [5.41, 5.74) is 5.43. The molecule has 0 unspecified atom stereocenters. The van der Waals surface area contributed by atoms with Crippen molar-refractivity contribution in [1.29, 1.82) is 5.41 Å². The fourth-order valence-corrected chi connectivity index (χ4v) is 1.98. The number of nitrogens with zero attached hydrogens (tertiary/aromatic N) is 1. The van der Waals surface area contributed by atoms with E-state index in [9.17, 15) is 4.79 Å². The molecule has 0 aromatic rings. The van der Waals surface area contributed by atoms with Gasteiger partial charge < -0.3 is 21.4 Å². The van der Waals surface area contributed by atoms with Crippen molar-refractivity contribution >= 4 is 12.1 Å². The van der Waals surface area contributed by atoms with Crippen molar-refractivity contribution in [2.75, 3.05) is 26.2 Å². The largest absolute Gasteiger partial charge is 0.404 e. The number of nitrogens with two attached hydrogens (primary N) is 1. The van der Waals surface area contributed by atoms with Crippen LogP contribution in [0.1, 0.15) is 25.7 Å². The average Bonchev–Trinajstić information content (AvgIpc) is 2.37. The maximum Gasteiger partial charge on any atom is 0.254 e. The molecule has 1 saturated heterocycles. The van der Waals surface area contributed by atoms with Gasteiger partial charge in [0.15, 0.2) is 0 Å². The number of hydrogen-bond acceptors (Lipinski definition) is 4. The second-order valence-corrected chi connectivity index (χ2v) is 4.28. The highest BCUT2D eigenvalue weighted by atomic mass is 16.1. The van der Waals surface area contributed by atoms with E-state index in [-0.39, 0.29) is 11.5 Å². The van der Waals surface area contributed by atoms with Crippen LogP contribution in [-0.2, 0) is 4.79 Å². The molecule has 5 heteroatoms. The Bertz CT molecular complexity index is 282. The molecule has 0 aromatic carbocycles. The highest BCUT2D eigenvalue weighted by Gasteiger charge is 2.09. The summed E-state index contributed by atoms with van der Waals surface area (Å²) in [6, 6.07) is 0. The summed E-state index contributed by atoms with van der Waals surface area (Å²) >= 11 is 0. The molecule has 0 atom stereocenters. The molecule has 5 nitrogen and oxygen atoms in total. The van der Waals surface area contributed by atoms with E-state index in [1.807, 2.05) is 0 Å². The summed E-state index contributed by atoms with van der Waals surface area (Å²) in [6.45, 7) is 4.04. The Labute approximate surface area is 103 Å². The molecule has 1 rings (SSSR count). The first kappa shape index (κ1) is 13.7. The molecule has 1 aliphatic heterocycles. The fourth-order valence-electron chi connectivity index (χ4n) is 1.98. The van der Waals surface area contributed by atoms with Gasteiger partial charge in [-0.15, -0.1) is 0 Å². The Morgan fingerprint density at radius 1 is 1.35 bits per heavy atom. The minimum absolute atomic E-state index is 0.211. The van der Waals surface area contributed by atoms with Crippen molar-refractivity contribution in [3.05, 3.63) is 11.8 Å². The molecule has 96 valence electrons. The summed E-state index contributed by atoms with van der Waals surface area (Å²) in [7, 11) is 0. The van der Waals surface area contributed by atoms with Gasteiger partial charge in [0.05, 0.1) is 5.57 Å². The maximum absolute atomic E-state index is 11.4. The summed E-state index contributed by atoms with van der Waals surface area (Å²) < 4.78 is 0. The third kappa shape index (κ3) is 4.99. The van der Waals surface area contributed by atoms with E-state index in [2.05, 4.69) is 10.2 Å². The van der Waals surface area contributed by atoms with Crippen molar-refractivity contribution in [1.82, 2.24) is 10.2 Å². The number of nitrogens with one attached hydrogen (secondary N) is 2. The molecular formula is C12H22N4O. The van der Waals surface area contributed by atoms with Gasteiger partial charge in [0.1, 0.15) is 0 Å². The topological polar surface area (TPSA) is 82.2 Å². The molecule has 0 bridgehead atoms. The van der Waals surface area contributed by atoms with Crippen molar-refractivity contribution < 1.29 is 4.79 Å². The first-order valence-corrected chi connectivity index (χ1v) is 6.21. The van der Waals surface area contributed by atoms with Gasteiger partial charge in [-0.05, 0) is 38.9 Å². The van der Waals surface area contributed by atoms with E-state index in [1.54, 1.807) is 0 Å². The standard InChI is InChI=1S/C12H22N4O/c13-9-11(10-14)12(17)15-5-4-8-16-6-2-1-3-7-16/h9-10,13H,1-8,14H2,(H,15,17)/b11-10+,13-9?. The summed E-state index contributed by atoms with van der Waals surface area (Å²) in [4.78, 5) is 13.9. The van der Waals surface area contributed by atoms with Gasteiger partial charge in [-0.25, -0.2) is 0 Å². The molecule has 1 fully saturated rings. The number of piperidine rings is 1. The van der Waals surface area contributed by atoms with Crippen LogP contribution in [0.15, 0.2) is 11.8 Å². The average molecular weight is 238 g/mol. The van der Waals surface area contributed by atoms with E-state index in [0.717, 1.165) is 25.4 Å². The van der Waals surface area contributed by atoms with Crippen molar-refractivity contribution in [3.8, 4) is 0 Å². The number of likely N-dealkylation sites (tertiary alicyclic amines) is 1. The Balaban J connectivity index is 2.11. The van der Waals surface area contributed by atoms with Gasteiger partial charge in [-0.3, -0.25) is 4.79 Å². The third-order valence-electron chi connectivity index (χ3n) is 2.98. The minimum atomic E-state index is -0.263.